The molecule has 0 spiro atoms. The number of nitrogens with zero attached hydrogens (tertiary/aromatic N) is 2. The third kappa shape index (κ3) is 3.72. The van der Waals surface area contributed by atoms with Gasteiger partial charge in [0, 0.05) is 7.05 Å². The molecule has 0 fully saturated rings. The van der Waals surface area contributed by atoms with E-state index in [1.807, 2.05) is 31.2 Å². The van der Waals surface area contributed by atoms with E-state index in [1.165, 1.54) is 16.3 Å². The highest BCUT2D eigenvalue weighted by atomic mass is 32.2. The van der Waals surface area contributed by atoms with Crippen LogP contribution in [-0.4, -0.2) is 28.3 Å². The first kappa shape index (κ1) is 18.0. The van der Waals surface area contributed by atoms with Crippen molar-refractivity contribution in [3.05, 3.63) is 58.4 Å². The van der Waals surface area contributed by atoms with Crippen molar-refractivity contribution in [1.82, 2.24) is 9.55 Å². The molecule has 1 aromatic heterocycles. The van der Waals surface area contributed by atoms with Gasteiger partial charge in [0.25, 0.3) is 5.56 Å². The number of anilines is 1. The summed E-state index contributed by atoms with van der Waals surface area (Å²) in [5.74, 6) is 0.543. The molecule has 3 rings (SSSR count). The van der Waals surface area contributed by atoms with Crippen molar-refractivity contribution in [3.8, 4) is 5.75 Å². The van der Waals surface area contributed by atoms with Crippen LogP contribution in [0.2, 0.25) is 0 Å². The number of benzene rings is 2. The van der Waals surface area contributed by atoms with Crippen molar-refractivity contribution in [2.24, 2.45) is 7.05 Å². The summed E-state index contributed by atoms with van der Waals surface area (Å²) in [4.78, 5) is 29.2. The predicted molar refractivity (Wildman–Crippen MR) is 104 cm³/mol. The van der Waals surface area contributed by atoms with Crippen molar-refractivity contribution < 1.29 is 9.53 Å². The van der Waals surface area contributed by atoms with E-state index in [0.717, 1.165) is 5.56 Å². The van der Waals surface area contributed by atoms with Crippen LogP contribution in [0, 0.1) is 6.92 Å². The van der Waals surface area contributed by atoms with E-state index in [-0.39, 0.29) is 17.2 Å². The Labute approximate surface area is 155 Å². The molecule has 0 aliphatic rings. The van der Waals surface area contributed by atoms with Crippen molar-refractivity contribution in [2.75, 3.05) is 18.2 Å². The number of methoxy groups -OCH3 is 1. The third-order valence-corrected chi connectivity index (χ3v) is 4.93. The molecule has 0 aliphatic carbocycles. The lowest BCUT2D eigenvalue weighted by Gasteiger charge is -2.11. The molecule has 7 heteroatoms. The number of aromatic nitrogens is 2. The predicted octanol–water partition coefficient (Wildman–Crippen LogP) is 2.98. The summed E-state index contributed by atoms with van der Waals surface area (Å²) < 4.78 is 6.73. The van der Waals surface area contributed by atoms with Crippen LogP contribution in [0.5, 0.6) is 5.75 Å². The molecule has 26 heavy (non-hydrogen) atoms. The van der Waals surface area contributed by atoms with Crippen LogP contribution in [0.3, 0.4) is 0 Å². The van der Waals surface area contributed by atoms with Gasteiger partial charge in [0.2, 0.25) is 5.91 Å². The topological polar surface area (TPSA) is 73.2 Å². The summed E-state index contributed by atoms with van der Waals surface area (Å²) in [6, 6.07) is 12.8. The first-order chi connectivity index (χ1) is 12.5. The molecule has 0 saturated heterocycles. The van der Waals surface area contributed by atoms with E-state index in [4.69, 9.17) is 4.74 Å². The molecule has 0 unspecified atom stereocenters. The minimum absolute atomic E-state index is 0.126. The molecule has 0 bridgehead atoms. The van der Waals surface area contributed by atoms with Gasteiger partial charge in [-0.15, -0.1) is 0 Å². The van der Waals surface area contributed by atoms with Gasteiger partial charge in [-0.1, -0.05) is 30.0 Å². The second-order valence-electron chi connectivity index (χ2n) is 5.82. The Morgan fingerprint density at radius 2 is 2.04 bits per heavy atom. The highest BCUT2D eigenvalue weighted by Gasteiger charge is 2.12. The van der Waals surface area contributed by atoms with Crippen LogP contribution >= 0.6 is 11.8 Å². The first-order valence-corrected chi connectivity index (χ1v) is 9.01. The zero-order chi connectivity index (χ0) is 18.7. The highest BCUT2D eigenvalue weighted by Crippen LogP contribution is 2.25. The van der Waals surface area contributed by atoms with Crippen LogP contribution in [-0.2, 0) is 11.8 Å². The number of thioether (sulfide) groups is 1. The molecule has 6 nitrogen and oxygen atoms in total. The summed E-state index contributed by atoms with van der Waals surface area (Å²) >= 11 is 1.22. The Morgan fingerprint density at radius 1 is 1.27 bits per heavy atom. The number of aryl methyl sites for hydroxylation is 1. The maximum Gasteiger partial charge on any atom is 0.261 e. The number of hydrogen-bond donors (Lipinski definition) is 1. The Kier molecular flexibility index (Phi) is 5.27. The van der Waals surface area contributed by atoms with Crippen LogP contribution in [0.4, 0.5) is 5.69 Å². The number of carbonyl (C=O) groups is 1. The summed E-state index contributed by atoms with van der Waals surface area (Å²) in [5.41, 5.74) is 2.14. The fraction of sp³-hybridized carbons (Fsp3) is 0.211. The van der Waals surface area contributed by atoms with Gasteiger partial charge in [0.1, 0.15) is 5.75 Å². The number of amides is 1. The van der Waals surface area contributed by atoms with Crippen LogP contribution < -0.4 is 15.6 Å². The van der Waals surface area contributed by atoms with Gasteiger partial charge in [-0.2, -0.15) is 0 Å². The molecule has 2 aromatic carbocycles. The van der Waals surface area contributed by atoms with Crippen molar-refractivity contribution in [2.45, 2.75) is 12.1 Å². The quantitative estimate of drug-likeness (QED) is 0.553. The number of ether oxygens (including phenoxy) is 1. The summed E-state index contributed by atoms with van der Waals surface area (Å²) in [6.07, 6.45) is 0. The SMILES string of the molecule is COc1ccc(C)cc1NC(=O)CSc1nc2ccccc2c(=O)n1C. The molecule has 0 radical (unpaired) electrons. The number of para-hydroxylation sites is 1. The normalized spacial score (nSPS) is 10.7. The zero-order valence-corrected chi connectivity index (χ0v) is 15.6. The number of hydrogen-bond acceptors (Lipinski definition) is 5. The zero-order valence-electron chi connectivity index (χ0n) is 14.8. The summed E-state index contributed by atoms with van der Waals surface area (Å²) in [6.45, 7) is 1.94. The van der Waals surface area contributed by atoms with Gasteiger partial charge in [-0.3, -0.25) is 14.2 Å². The minimum Gasteiger partial charge on any atom is -0.495 e. The van der Waals surface area contributed by atoms with Crippen molar-refractivity contribution in [3.63, 3.8) is 0 Å². The average Bonchev–Trinajstić information content (AvgIpc) is 2.64. The lowest BCUT2D eigenvalue weighted by atomic mass is 10.2. The van der Waals surface area contributed by atoms with Crippen LogP contribution in [0.15, 0.2) is 52.4 Å². The monoisotopic (exact) mass is 369 g/mol. The molecule has 134 valence electrons. The van der Waals surface area contributed by atoms with Crippen LogP contribution in [0.1, 0.15) is 5.56 Å². The van der Waals surface area contributed by atoms with E-state index < -0.39 is 0 Å². The fourth-order valence-corrected chi connectivity index (χ4v) is 3.33. The Bertz CT molecular complexity index is 1030. The maximum atomic E-state index is 12.4. The van der Waals surface area contributed by atoms with E-state index in [1.54, 1.807) is 32.4 Å². The highest BCUT2D eigenvalue weighted by molar-refractivity contribution is 7.99. The van der Waals surface area contributed by atoms with Gasteiger partial charge < -0.3 is 10.1 Å². The Balaban J connectivity index is 1.76. The smallest absolute Gasteiger partial charge is 0.261 e. The Morgan fingerprint density at radius 3 is 2.81 bits per heavy atom. The molecule has 0 saturated carbocycles. The fourth-order valence-electron chi connectivity index (χ4n) is 2.56. The Hall–Kier alpha value is -2.80. The second kappa shape index (κ2) is 7.61. The molecular formula is C19H19N3O3S. The number of nitrogens with one attached hydrogen (secondary N) is 1. The standard InChI is InChI=1S/C19H19N3O3S/c1-12-8-9-16(25-3)15(10-12)20-17(23)11-26-19-21-14-7-5-4-6-13(14)18(24)22(19)2/h4-10H,11H2,1-3H3,(H,20,23). The largest absolute Gasteiger partial charge is 0.495 e. The van der Waals surface area contributed by atoms with Gasteiger partial charge >= 0.3 is 0 Å². The average molecular weight is 369 g/mol. The molecular weight excluding hydrogens is 350 g/mol. The number of rotatable bonds is 5. The van der Waals surface area contributed by atoms with E-state index in [0.29, 0.717) is 27.5 Å². The maximum absolute atomic E-state index is 12.4. The first-order valence-electron chi connectivity index (χ1n) is 8.02. The van der Waals surface area contributed by atoms with Crippen molar-refractivity contribution in [1.29, 1.82) is 0 Å². The molecule has 3 aromatic rings. The van der Waals surface area contributed by atoms with E-state index >= 15 is 0 Å². The van der Waals surface area contributed by atoms with E-state index in [9.17, 15) is 9.59 Å². The molecule has 0 aliphatic heterocycles. The van der Waals surface area contributed by atoms with Crippen molar-refractivity contribution >= 4 is 34.3 Å². The lowest BCUT2D eigenvalue weighted by molar-refractivity contribution is -0.113. The summed E-state index contributed by atoms with van der Waals surface area (Å²) in [7, 11) is 3.22. The summed E-state index contributed by atoms with van der Waals surface area (Å²) in [5, 5.41) is 3.91. The van der Waals surface area contributed by atoms with Gasteiger partial charge in [-0.25, -0.2) is 4.98 Å². The molecule has 1 N–H and O–H groups in total. The molecule has 1 heterocycles. The van der Waals surface area contributed by atoms with Gasteiger partial charge in [0.15, 0.2) is 5.16 Å². The van der Waals surface area contributed by atoms with E-state index in [2.05, 4.69) is 10.3 Å². The van der Waals surface area contributed by atoms with Crippen LogP contribution in [0.25, 0.3) is 10.9 Å². The molecule has 0 atom stereocenters. The van der Waals surface area contributed by atoms with Gasteiger partial charge in [-0.05, 0) is 36.8 Å². The minimum atomic E-state index is -0.193. The lowest BCUT2D eigenvalue weighted by Crippen LogP contribution is -2.21. The molecule has 1 amide bonds. The third-order valence-electron chi connectivity index (χ3n) is 3.90. The van der Waals surface area contributed by atoms with Gasteiger partial charge in [0.05, 0.1) is 29.5 Å². The second-order valence-corrected chi connectivity index (χ2v) is 6.76. The number of fused-ring (bicyclic) bond motifs is 1. The number of carbonyl (C=O) groups excluding carboxylic acids is 1.